The molecule has 2 aromatic carbocycles. The molecule has 0 amide bonds. The zero-order valence-corrected chi connectivity index (χ0v) is 14.5. The molecule has 0 aromatic heterocycles. The highest BCUT2D eigenvalue weighted by molar-refractivity contribution is 8.16. The number of carboxylic acid groups (broad SMARTS) is 1. The highest BCUT2D eigenvalue weighted by Gasteiger charge is 2.25. The van der Waals surface area contributed by atoms with Gasteiger partial charge in [0.25, 0.3) is 0 Å². The molecule has 1 N–H and O–H groups in total. The second-order valence-electron chi connectivity index (χ2n) is 5.38. The SMILES string of the molecule is O=C(O)c1cc(F)c(OCc2ccccc2)c(C2SCCCS2)c1. The molecule has 6 heteroatoms. The summed E-state index contributed by atoms with van der Waals surface area (Å²) in [6.45, 7) is 0.249. The summed E-state index contributed by atoms with van der Waals surface area (Å²) in [5, 5.41) is 9.21. The predicted molar refractivity (Wildman–Crippen MR) is 96.4 cm³/mol. The summed E-state index contributed by atoms with van der Waals surface area (Å²) in [6.07, 6.45) is 1.10. The Hall–Kier alpha value is -1.66. The molecule has 3 rings (SSSR count). The van der Waals surface area contributed by atoms with E-state index in [4.69, 9.17) is 4.74 Å². The van der Waals surface area contributed by atoms with E-state index in [1.165, 1.54) is 0 Å². The van der Waals surface area contributed by atoms with Crippen molar-refractivity contribution in [1.82, 2.24) is 0 Å². The van der Waals surface area contributed by atoms with Crippen molar-refractivity contribution < 1.29 is 19.0 Å². The van der Waals surface area contributed by atoms with Crippen LogP contribution in [0.3, 0.4) is 0 Å². The number of hydrogen-bond donors (Lipinski definition) is 1. The minimum absolute atomic E-state index is 0.00155. The van der Waals surface area contributed by atoms with Crippen LogP contribution in [0, 0.1) is 5.82 Å². The smallest absolute Gasteiger partial charge is 0.335 e. The zero-order chi connectivity index (χ0) is 16.9. The van der Waals surface area contributed by atoms with Crippen molar-refractivity contribution >= 4 is 29.5 Å². The Labute approximate surface area is 148 Å². The van der Waals surface area contributed by atoms with Gasteiger partial charge in [0.1, 0.15) is 6.61 Å². The van der Waals surface area contributed by atoms with E-state index in [2.05, 4.69) is 0 Å². The lowest BCUT2D eigenvalue weighted by atomic mass is 10.1. The molecule has 1 aliphatic heterocycles. The molecule has 0 bridgehead atoms. The van der Waals surface area contributed by atoms with Crippen LogP contribution in [0.5, 0.6) is 5.75 Å². The van der Waals surface area contributed by atoms with Gasteiger partial charge in [0, 0.05) is 5.56 Å². The topological polar surface area (TPSA) is 46.5 Å². The quantitative estimate of drug-likeness (QED) is 0.811. The van der Waals surface area contributed by atoms with Gasteiger partial charge in [0.2, 0.25) is 0 Å². The van der Waals surface area contributed by atoms with Gasteiger partial charge in [-0.05, 0) is 35.6 Å². The van der Waals surface area contributed by atoms with Gasteiger partial charge in [-0.1, -0.05) is 30.3 Å². The van der Waals surface area contributed by atoms with Gasteiger partial charge >= 0.3 is 5.97 Å². The monoisotopic (exact) mass is 364 g/mol. The van der Waals surface area contributed by atoms with E-state index in [1.54, 1.807) is 29.6 Å². The third-order valence-corrected chi connectivity index (χ3v) is 6.60. The van der Waals surface area contributed by atoms with Crippen LogP contribution in [0.2, 0.25) is 0 Å². The van der Waals surface area contributed by atoms with Crippen molar-refractivity contribution in [3.63, 3.8) is 0 Å². The maximum Gasteiger partial charge on any atom is 0.335 e. The molecule has 1 aliphatic rings. The lowest BCUT2D eigenvalue weighted by molar-refractivity contribution is 0.0696. The number of ether oxygens (including phenoxy) is 1. The zero-order valence-electron chi connectivity index (χ0n) is 12.9. The Balaban J connectivity index is 1.91. The molecule has 0 saturated carbocycles. The summed E-state index contributed by atoms with van der Waals surface area (Å²) in [5.41, 5.74) is 1.52. The first-order valence-electron chi connectivity index (χ1n) is 7.62. The number of thioether (sulfide) groups is 2. The van der Waals surface area contributed by atoms with E-state index in [0.29, 0.717) is 5.56 Å². The van der Waals surface area contributed by atoms with E-state index < -0.39 is 11.8 Å². The Morgan fingerprint density at radius 2 is 1.92 bits per heavy atom. The van der Waals surface area contributed by atoms with Gasteiger partial charge in [-0.25, -0.2) is 9.18 Å². The van der Waals surface area contributed by atoms with Crippen LogP contribution in [0.1, 0.15) is 32.5 Å². The van der Waals surface area contributed by atoms with E-state index in [1.807, 2.05) is 30.3 Å². The third kappa shape index (κ3) is 4.05. The number of carboxylic acids is 1. The van der Waals surface area contributed by atoms with Crippen LogP contribution in [0.4, 0.5) is 4.39 Å². The van der Waals surface area contributed by atoms with Gasteiger partial charge in [0.05, 0.1) is 10.1 Å². The van der Waals surface area contributed by atoms with E-state index in [-0.39, 0.29) is 22.5 Å². The standard InChI is InChI=1S/C18H17FO3S2/c19-15-10-13(17(20)21)9-14(18-23-7-4-8-24-18)16(15)22-11-12-5-2-1-3-6-12/h1-3,5-6,9-10,18H,4,7-8,11H2,(H,20,21). The van der Waals surface area contributed by atoms with Gasteiger partial charge in [-0.2, -0.15) is 0 Å². The van der Waals surface area contributed by atoms with Crippen LogP contribution in [0.15, 0.2) is 42.5 Å². The predicted octanol–water partition coefficient (Wildman–Crippen LogP) is 4.97. The molecule has 126 valence electrons. The van der Waals surface area contributed by atoms with Gasteiger partial charge in [-0.15, -0.1) is 23.5 Å². The summed E-state index contributed by atoms with van der Waals surface area (Å²) >= 11 is 3.41. The van der Waals surface area contributed by atoms with Crippen molar-refractivity contribution in [3.8, 4) is 5.75 Å². The van der Waals surface area contributed by atoms with Crippen molar-refractivity contribution in [3.05, 3.63) is 65.0 Å². The van der Waals surface area contributed by atoms with Crippen LogP contribution in [-0.4, -0.2) is 22.6 Å². The Bertz CT molecular complexity index is 716. The highest BCUT2D eigenvalue weighted by Crippen LogP contribution is 2.47. The molecule has 1 saturated heterocycles. The summed E-state index contributed by atoms with van der Waals surface area (Å²) in [7, 11) is 0. The fourth-order valence-corrected chi connectivity index (χ4v) is 5.37. The molecular formula is C18H17FO3S2. The Kier molecular flexibility index (Phi) is 5.68. The fraction of sp³-hybridized carbons (Fsp3) is 0.278. The van der Waals surface area contributed by atoms with Gasteiger partial charge in [-0.3, -0.25) is 0 Å². The second kappa shape index (κ2) is 7.94. The number of halogens is 1. The molecular weight excluding hydrogens is 347 g/mol. The molecule has 1 heterocycles. The number of aromatic carboxylic acids is 1. The molecule has 0 aliphatic carbocycles. The second-order valence-corrected chi connectivity index (χ2v) is 8.11. The maximum absolute atomic E-state index is 14.5. The molecule has 0 spiro atoms. The van der Waals surface area contributed by atoms with Gasteiger partial charge < -0.3 is 9.84 Å². The summed E-state index contributed by atoms with van der Waals surface area (Å²) in [6, 6.07) is 12.1. The molecule has 3 nitrogen and oxygen atoms in total. The molecule has 24 heavy (non-hydrogen) atoms. The van der Waals surface area contributed by atoms with Gasteiger partial charge in [0.15, 0.2) is 11.6 Å². The average molecular weight is 364 g/mol. The number of carbonyl (C=O) groups is 1. The first-order valence-corrected chi connectivity index (χ1v) is 9.71. The van der Waals surface area contributed by atoms with E-state index >= 15 is 0 Å². The molecule has 2 aromatic rings. The largest absolute Gasteiger partial charge is 0.485 e. The fourth-order valence-electron chi connectivity index (χ4n) is 2.46. The third-order valence-electron chi connectivity index (χ3n) is 3.63. The van der Waals surface area contributed by atoms with Crippen LogP contribution in [0.25, 0.3) is 0 Å². The first-order chi connectivity index (χ1) is 11.6. The van der Waals surface area contributed by atoms with Crippen molar-refractivity contribution in [2.75, 3.05) is 11.5 Å². The van der Waals surface area contributed by atoms with Crippen molar-refractivity contribution in [1.29, 1.82) is 0 Å². The minimum Gasteiger partial charge on any atom is -0.485 e. The summed E-state index contributed by atoms with van der Waals surface area (Å²) in [4.78, 5) is 11.3. The van der Waals surface area contributed by atoms with Crippen LogP contribution in [-0.2, 0) is 6.61 Å². The van der Waals surface area contributed by atoms with Crippen LogP contribution >= 0.6 is 23.5 Å². The Morgan fingerprint density at radius 3 is 2.58 bits per heavy atom. The van der Waals surface area contributed by atoms with Crippen molar-refractivity contribution in [2.24, 2.45) is 0 Å². The van der Waals surface area contributed by atoms with E-state index in [0.717, 1.165) is 29.6 Å². The van der Waals surface area contributed by atoms with Crippen LogP contribution < -0.4 is 4.74 Å². The molecule has 1 fully saturated rings. The molecule has 0 radical (unpaired) electrons. The Morgan fingerprint density at radius 1 is 1.21 bits per heavy atom. The number of hydrogen-bond acceptors (Lipinski definition) is 4. The lowest BCUT2D eigenvalue weighted by Crippen LogP contribution is -2.08. The van der Waals surface area contributed by atoms with Crippen molar-refractivity contribution in [2.45, 2.75) is 17.6 Å². The molecule has 0 unspecified atom stereocenters. The number of rotatable bonds is 5. The lowest BCUT2D eigenvalue weighted by Gasteiger charge is -2.24. The normalized spacial score (nSPS) is 15.2. The minimum atomic E-state index is -1.13. The number of benzene rings is 2. The summed E-state index contributed by atoms with van der Waals surface area (Å²) < 4.78 is 20.3. The highest BCUT2D eigenvalue weighted by atomic mass is 32.2. The maximum atomic E-state index is 14.5. The summed E-state index contributed by atoms with van der Waals surface area (Å²) in [5.74, 6) is 0.377. The first kappa shape index (κ1) is 17.2. The average Bonchev–Trinajstić information content (AvgIpc) is 2.61. The van der Waals surface area contributed by atoms with E-state index in [9.17, 15) is 14.3 Å². The molecule has 0 atom stereocenters.